The fraction of sp³-hybridized carbons (Fsp3) is 0.400. The predicted molar refractivity (Wildman–Crippen MR) is 80.1 cm³/mol. The van der Waals surface area contributed by atoms with Crippen molar-refractivity contribution in [1.29, 1.82) is 0 Å². The summed E-state index contributed by atoms with van der Waals surface area (Å²) in [4.78, 5) is 20.4. The van der Waals surface area contributed by atoms with Crippen molar-refractivity contribution < 1.29 is 0 Å². The Labute approximate surface area is 118 Å². The van der Waals surface area contributed by atoms with Crippen molar-refractivity contribution in [1.82, 2.24) is 14.5 Å². The second-order valence-electron chi connectivity index (χ2n) is 4.85. The molecule has 0 saturated heterocycles. The maximum absolute atomic E-state index is 11.9. The molecule has 0 amide bonds. The number of nitrogens with one attached hydrogen (secondary N) is 1. The van der Waals surface area contributed by atoms with E-state index in [-0.39, 0.29) is 5.69 Å². The highest BCUT2D eigenvalue weighted by Crippen LogP contribution is 2.07. The molecule has 0 bridgehead atoms. The largest absolute Gasteiger partial charge is 0.370 e. The molecule has 0 fully saturated rings. The number of nitrogens with zero attached hydrogens (tertiary/aromatic N) is 3. The molecule has 0 radical (unpaired) electrons. The third-order valence-electron chi connectivity index (χ3n) is 3.03. The van der Waals surface area contributed by atoms with Crippen molar-refractivity contribution in [2.45, 2.75) is 33.7 Å². The van der Waals surface area contributed by atoms with Crippen LogP contribution in [-0.2, 0) is 6.54 Å². The van der Waals surface area contributed by atoms with Gasteiger partial charge in [-0.2, -0.15) is 4.98 Å². The normalized spacial score (nSPS) is 10.6. The smallest absolute Gasteiger partial charge is 0.348 e. The van der Waals surface area contributed by atoms with Crippen LogP contribution in [0.5, 0.6) is 0 Å². The molecule has 0 aliphatic heterocycles. The van der Waals surface area contributed by atoms with Crippen LogP contribution in [0.2, 0.25) is 0 Å². The molecule has 2 heterocycles. The number of anilines is 1. The fourth-order valence-electron chi connectivity index (χ4n) is 2.05. The summed E-state index contributed by atoms with van der Waals surface area (Å²) < 4.78 is 1.64. The van der Waals surface area contributed by atoms with E-state index in [2.05, 4.69) is 22.2 Å². The minimum absolute atomic E-state index is 0.226. The molecule has 5 heteroatoms. The van der Waals surface area contributed by atoms with Crippen molar-refractivity contribution in [2.24, 2.45) is 0 Å². The number of pyridine rings is 1. The van der Waals surface area contributed by atoms with Crippen molar-refractivity contribution in [3.05, 3.63) is 51.8 Å². The van der Waals surface area contributed by atoms with Crippen LogP contribution < -0.4 is 11.0 Å². The highest BCUT2D eigenvalue weighted by Gasteiger charge is 2.05. The van der Waals surface area contributed by atoms with Gasteiger partial charge in [0.25, 0.3) is 0 Å². The zero-order chi connectivity index (χ0) is 14.5. The number of hydrogen-bond acceptors (Lipinski definition) is 4. The molecule has 20 heavy (non-hydrogen) atoms. The Kier molecular flexibility index (Phi) is 4.50. The monoisotopic (exact) mass is 272 g/mol. The van der Waals surface area contributed by atoms with Gasteiger partial charge in [-0.25, -0.2) is 9.78 Å². The Morgan fingerprint density at radius 2 is 2.05 bits per heavy atom. The summed E-state index contributed by atoms with van der Waals surface area (Å²) in [5.41, 5.74) is 2.27. The van der Waals surface area contributed by atoms with Gasteiger partial charge in [-0.15, -0.1) is 0 Å². The molecule has 0 spiro atoms. The summed E-state index contributed by atoms with van der Waals surface area (Å²) in [5.74, 6) is 0.843. The second kappa shape index (κ2) is 6.32. The Morgan fingerprint density at radius 3 is 2.75 bits per heavy atom. The first kappa shape index (κ1) is 14.2. The fourth-order valence-corrected chi connectivity index (χ4v) is 2.05. The Hall–Kier alpha value is -2.17. The molecule has 106 valence electrons. The third-order valence-corrected chi connectivity index (χ3v) is 3.03. The average molecular weight is 272 g/mol. The average Bonchev–Trinajstić information content (AvgIpc) is 2.41. The van der Waals surface area contributed by atoms with E-state index in [9.17, 15) is 4.79 Å². The van der Waals surface area contributed by atoms with Gasteiger partial charge in [0, 0.05) is 17.9 Å². The minimum atomic E-state index is -0.226. The number of aryl methyl sites for hydroxylation is 2. The molecule has 0 atom stereocenters. The summed E-state index contributed by atoms with van der Waals surface area (Å²) in [6, 6.07) is 7.70. The molecular weight excluding hydrogens is 252 g/mol. The summed E-state index contributed by atoms with van der Waals surface area (Å²) in [5, 5.41) is 3.24. The zero-order valence-corrected chi connectivity index (χ0v) is 12.2. The van der Waals surface area contributed by atoms with E-state index in [4.69, 9.17) is 0 Å². The Balaban J connectivity index is 2.24. The lowest BCUT2D eigenvalue weighted by Gasteiger charge is -2.10. The quantitative estimate of drug-likeness (QED) is 0.905. The predicted octanol–water partition coefficient (Wildman–Crippen LogP) is 2.13. The molecule has 0 aromatic carbocycles. The van der Waals surface area contributed by atoms with Crippen LogP contribution in [0.4, 0.5) is 5.82 Å². The van der Waals surface area contributed by atoms with Crippen LogP contribution >= 0.6 is 0 Å². The number of aromatic nitrogens is 3. The maximum Gasteiger partial charge on any atom is 0.348 e. The second-order valence-corrected chi connectivity index (χ2v) is 4.85. The van der Waals surface area contributed by atoms with E-state index < -0.39 is 0 Å². The molecule has 0 saturated carbocycles. The molecule has 2 aromatic rings. The van der Waals surface area contributed by atoms with Crippen molar-refractivity contribution in [3.63, 3.8) is 0 Å². The van der Waals surface area contributed by atoms with Crippen LogP contribution in [0.15, 0.2) is 29.1 Å². The molecule has 2 rings (SSSR count). The van der Waals surface area contributed by atoms with Gasteiger partial charge in [0.15, 0.2) is 0 Å². The van der Waals surface area contributed by atoms with E-state index >= 15 is 0 Å². The lowest BCUT2D eigenvalue weighted by molar-refractivity contribution is 0.681. The zero-order valence-electron chi connectivity index (χ0n) is 12.2. The molecule has 0 unspecified atom stereocenters. The molecule has 1 N–H and O–H groups in total. The highest BCUT2D eigenvalue weighted by molar-refractivity contribution is 5.35. The molecule has 0 aliphatic carbocycles. The van der Waals surface area contributed by atoms with Crippen molar-refractivity contribution in [3.8, 4) is 0 Å². The Morgan fingerprint density at radius 1 is 1.25 bits per heavy atom. The number of rotatable bonds is 5. The van der Waals surface area contributed by atoms with Crippen LogP contribution in [0.3, 0.4) is 0 Å². The van der Waals surface area contributed by atoms with E-state index in [1.54, 1.807) is 4.57 Å². The first-order valence-corrected chi connectivity index (χ1v) is 6.85. The van der Waals surface area contributed by atoms with Gasteiger partial charge in [0.2, 0.25) is 0 Å². The molecule has 0 aliphatic rings. The van der Waals surface area contributed by atoms with Crippen LogP contribution in [0, 0.1) is 13.8 Å². The van der Waals surface area contributed by atoms with Gasteiger partial charge in [-0.1, -0.05) is 13.0 Å². The Bertz CT molecular complexity index is 649. The summed E-state index contributed by atoms with van der Waals surface area (Å²) in [6.07, 6.45) is 1.05. The van der Waals surface area contributed by atoms with Gasteiger partial charge in [-0.3, -0.25) is 4.57 Å². The molecule has 5 nitrogen and oxygen atoms in total. The van der Waals surface area contributed by atoms with Crippen molar-refractivity contribution in [2.75, 3.05) is 11.9 Å². The van der Waals surface area contributed by atoms with E-state index in [1.165, 1.54) is 0 Å². The lowest BCUT2D eigenvalue weighted by Crippen LogP contribution is -2.26. The topological polar surface area (TPSA) is 59.8 Å². The van der Waals surface area contributed by atoms with Crippen molar-refractivity contribution >= 4 is 5.82 Å². The van der Waals surface area contributed by atoms with Crippen LogP contribution in [0.25, 0.3) is 0 Å². The van der Waals surface area contributed by atoms with E-state index in [1.807, 2.05) is 38.1 Å². The van der Waals surface area contributed by atoms with Gasteiger partial charge < -0.3 is 5.32 Å². The van der Waals surface area contributed by atoms with Gasteiger partial charge in [0.05, 0.1) is 12.2 Å². The van der Waals surface area contributed by atoms with Gasteiger partial charge in [-0.05, 0) is 38.5 Å². The van der Waals surface area contributed by atoms with Crippen LogP contribution in [-0.4, -0.2) is 21.1 Å². The summed E-state index contributed by atoms with van der Waals surface area (Å²) in [7, 11) is 0. The number of hydrogen-bond donors (Lipinski definition) is 1. The van der Waals surface area contributed by atoms with E-state index in [0.717, 1.165) is 35.9 Å². The van der Waals surface area contributed by atoms with Crippen LogP contribution in [0.1, 0.15) is 30.4 Å². The first-order chi connectivity index (χ1) is 9.60. The van der Waals surface area contributed by atoms with Gasteiger partial charge in [0.1, 0.15) is 5.82 Å². The first-order valence-electron chi connectivity index (χ1n) is 6.85. The molecule has 2 aromatic heterocycles. The maximum atomic E-state index is 11.9. The lowest BCUT2D eigenvalue weighted by atomic mass is 10.3. The SMILES string of the molecule is CCCNc1cccc(Cn2c(C)cc(C)nc2=O)n1. The van der Waals surface area contributed by atoms with E-state index in [0.29, 0.717) is 6.54 Å². The summed E-state index contributed by atoms with van der Waals surface area (Å²) in [6.45, 7) is 7.18. The highest BCUT2D eigenvalue weighted by atomic mass is 16.1. The molecular formula is C15H20N4O. The van der Waals surface area contributed by atoms with Gasteiger partial charge >= 0.3 is 5.69 Å². The standard InChI is InChI=1S/C15H20N4O/c1-4-8-16-14-7-5-6-13(18-14)10-19-12(3)9-11(2)17-15(19)20/h5-7,9H,4,8,10H2,1-3H3,(H,16,18). The summed E-state index contributed by atoms with van der Waals surface area (Å²) >= 11 is 0. The third kappa shape index (κ3) is 3.44. The minimum Gasteiger partial charge on any atom is -0.370 e.